The predicted molar refractivity (Wildman–Crippen MR) is 74.3 cm³/mol. The minimum absolute atomic E-state index is 0.118. The molecule has 2 rings (SSSR count). The number of alkyl halides is 1. The smallest absolute Gasteiger partial charge is 0.330 e. The van der Waals surface area contributed by atoms with Gasteiger partial charge in [0.15, 0.2) is 12.4 Å². The number of H-pyrrole nitrogens is 1. The molecule has 1 aliphatic heterocycles. The molecule has 1 aliphatic rings. The van der Waals surface area contributed by atoms with Crippen LogP contribution < -0.4 is 11.2 Å². The van der Waals surface area contributed by atoms with Crippen molar-refractivity contribution in [1.29, 1.82) is 0 Å². The number of halogens is 1. The van der Waals surface area contributed by atoms with Crippen molar-refractivity contribution in [3.63, 3.8) is 0 Å². The van der Waals surface area contributed by atoms with Crippen molar-refractivity contribution in [3.05, 3.63) is 38.7 Å². The van der Waals surface area contributed by atoms with Gasteiger partial charge in [0, 0.05) is 12.3 Å². The molecule has 1 aromatic rings. The summed E-state index contributed by atoms with van der Waals surface area (Å²) in [6, 6.07) is 0. The third-order valence-corrected chi connectivity index (χ3v) is 3.34. The van der Waals surface area contributed by atoms with Gasteiger partial charge < -0.3 is 19.7 Å². The Morgan fingerprint density at radius 2 is 2.26 bits per heavy atom. The van der Waals surface area contributed by atoms with E-state index in [0.717, 1.165) is 30.0 Å². The van der Waals surface area contributed by atoms with Gasteiger partial charge in [-0.15, -0.1) is 0 Å². The average molecular weight is 330 g/mol. The Balaban J connectivity index is 2.40. The van der Waals surface area contributed by atoms with Crippen molar-refractivity contribution >= 4 is 12.0 Å². The zero-order valence-corrected chi connectivity index (χ0v) is 12.0. The minimum Gasteiger partial charge on any atom is -0.466 e. The first-order valence-corrected chi connectivity index (χ1v) is 6.59. The molecule has 23 heavy (non-hydrogen) atoms. The molecule has 126 valence electrons. The van der Waals surface area contributed by atoms with Gasteiger partial charge in [-0.3, -0.25) is 14.3 Å². The highest BCUT2D eigenvalue weighted by Crippen LogP contribution is 2.30. The van der Waals surface area contributed by atoms with E-state index in [0.29, 0.717) is 0 Å². The number of aromatic amines is 1. The summed E-state index contributed by atoms with van der Waals surface area (Å²) in [6.45, 7) is -0.634. The van der Waals surface area contributed by atoms with Crippen LogP contribution in [0.2, 0.25) is 0 Å². The molecule has 4 atom stereocenters. The zero-order valence-electron chi connectivity index (χ0n) is 12.0. The van der Waals surface area contributed by atoms with Crippen LogP contribution in [0.4, 0.5) is 4.39 Å². The van der Waals surface area contributed by atoms with Gasteiger partial charge in [0.25, 0.3) is 5.56 Å². The fourth-order valence-corrected chi connectivity index (χ4v) is 2.11. The number of hydrogen-bond donors (Lipinski definition) is 3. The predicted octanol–water partition coefficient (Wildman–Crippen LogP) is -1.69. The average Bonchev–Trinajstić information content (AvgIpc) is 2.81. The van der Waals surface area contributed by atoms with Crippen LogP contribution in [0, 0.1) is 0 Å². The highest BCUT2D eigenvalue weighted by atomic mass is 19.1. The Kier molecular flexibility index (Phi) is 5.08. The van der Waals surface area contributed by atoms with Crippen LogP contribution in [0.25, 0.3) is 6.08 Å². The third kappa shape index (κ3) is 3.38. The van der Waals surface area contributed by atoms with Crippen molar-refractivity contribution in [3.8, 4) is 0 Å². The van der Waals surface area contributed by atoms with Gasteiger partial charge in [0.05, 0.1) is 19.3 Å². The van der Waals surface area contributed by atoms with Gasteiger partial charge in [-0.2, -0.15) is 0 Å². The number of methoxy groups -OCH3 is 1. The molecule has 0 unspecified atom stereocenters. The number of ether oxygens (including phenoxy) is 2. The fraction of sp³-hybridized carbons (Fsp3) is 0.462. The van der Waals surface area contributed by atoms with E-state index in [1.165, 1.54) is 0 Å². The molecule has 9 nitrogen and oxygen atoms in total. The van der Waals surface area contributed by atoms with Gasteiger partial charge in [-0.25, -0.2) is 14.0 Å². The lowest BCUT2D eigenvalue weighted by atomic mass is 10.1. The molecule has 10 heteroatoms. The van der Waals surface area contributed by atoms with E-state index in [1.54, 1.807) is 0 Å². The lowest BCUT2D eigenvalue weighted by Gasteiger charge is -2.16. The second kappa shape index (κ2) is 6.86. The Morgan fingerprint density at radius 1 is 1.57 bits per heavy atom. The van der Waals surface area contributed by atoms with Crippen molar-refractivity contribution in [2.75, 3.05) is 13.7 Å². The lowest BCUT2D eigenvalue weighted by molar-refractivity contribution is -0.134. The van der Waals surface area contributed by atoms with E-state index in [1.807, 2.05) is 4.98 Å². The van der Waals surface area contributed by atoms with E-state index in [-0.39, 0.29) is 5.56 Å². The van der Waals surface area contributed by atoms with E-state index < -0.39 is 48.4 Å². The molecule has 0 radical (unpaired) electrons. The molecule has 0 saturated carbocycles. The van der Waals surface area contributed by atoms with E-state index in [9.17, 15) is 23.9 Å². The van der Waals surface area contributed by atoms with Crippen molar-refractivity contribution in [2.45, 2.75) is 24.6 Å². The van der Waals surface area contributed by atoms with Crippen LogP contribution in [-0.4, -0.2) is 57.8 Å². The summed E-state index contributed by atoms with van der Waals surface area (Å²) in [5.74, 6) is -0.724. The fourth-order valence-electron chi connectivity index (χ4n) is 2.11. The SMILES string of the molecule is COC(=O)/C=C/c1cn([C@@H]2O[C@H](CO)[C@@H](O)[C@@H]2F)c(=O)[nH]c1=O. The first kappa shape index (κ1) is 17.1. The second-order valence-electron chi connectivity index (χ2n) is 4.79. The maximum Gasteiger partial charge on any atom is 0.330 e. The first-order valence-electron chi connectivity index (χ1n) is 6.59. The van der Waals surface area contributed by atoms with E-state index >= 15 is 0 Å². The third-order valence-electron chi connectivity index (χ3n) is 3.34. The van der Waals surface area contributed by atoms with Gasteiger partial charge in [-0.05, 0) is 6.08 Å². The van der Waals surface area contributed by atoms with Gasteiger partial charge in [0.2, 0.25) is 0 Å². The number of hydrogen-bond acceptors (Lipinski definition) is 7. The highest BCUT2D eigenvalue weighted by molar-refractivity contribution is 5.86. The summed E-state index contributed by atoms with van der Waals surface area (Å²) in [6.07, 6.45) is -3.27. The molecular weight excluding hydrogens is 315 g/mol. The molecule has 1 saturated heterocycles. The summed E-state index contributed by atoms with van der Waals surface area (Å²) in [4.78, 5) is 36.5. The highest BCUT2D eigenvalue weighted by Gasteiger charge is 2.45. The summed E-state index contributed by atoms with van der Waals surface area (Å²) in [5, 5.41) is 18.6. The summed E-state index contributed by atoms with van der Waals surface area (Å²) < 4.78 is 24.3. The number of rotatable bonds is 4. The number of esters is 1. The van der Waals surface area contributed by atoms with Gasteiger partial charge in [-0.1, -0.05) is 0 Å². The Hall–Kier alpha value is -2.30. The first-order chi connectivity index (χ1) is 10.9. The monoisotopic (exact) mass is 330 g/mol. The number of nitrogens with one attached hydrogen (secondary N) is 1. The molecule has 0 bridgehead atoms. The molecule has 3 N–H and O–H groups in total. The van der Waals surface area contributed by atoms with Gasteiger partial charge in [0.1, 0.15) is 12.2 Å². The van der Waals surface area contributed by atoms with Crippen molar-refractivity contribution in [1.82, 2.24) is 9.55 Å². The van der Waals surface area contributed by atoms with Crippen molar-refractivity contribution < 1.29 is 28.9 Å². The molecule has 0 aromatic carbocycles. The largest absolute Gasteiger partial charge is 0.466 e. The van der Waals surface area contributed by atoms with Crippen LogP contribution in [0.5, 0.6) is 0 Å². The molecule has 2 heterocycles. The second-order valence-corrected chi connectivity index (χ2v) is 4.79. The summed E-state index contributed by atoms with van der Waals surface area (Å²) in [5.41, 5.74) is -1.87. The topological polar surface area (TPSA) is 131 Å². The quantitative estimate of drug-likeness (QED) is 0.443. The Morgan fingerprint density at radius 3 is 2.83 bits per heavy atom. The van der Waals surface area contributed by atoms with Crippen LogP contribution in [0.1, 0.15) is 11.8 Å². The molecule has 0 aliphatic carbocycles. The molecule has 0 amide bonds. The maximum atomic E-state index is 14.1. The Labute approximate surface area is 128 Å². The van der Waals surface area contributed by atoms with E-state index in [4.69, 9.17) is 9.84 Å². The van der Waals surface area contributed by atoms with Crippen molar-refractivity contribution in [2.24, 2.45) is 0 Å². The molecular formula is C13H15FN2O7. The van der Waals surface area contributed by atoms with Crippen LogP contribution in [0.3, 0.4) is 0 Å². The number of carbonyl (C=O) groups is 1. The van der Waals surface area contributed by atoms with E-state index in [2.05, 4.69) is 4.74 Å². The molecule has 1 fully saturated rings. The number of aromatic nitrogens is 2. The summed E-state index contributed by atoms with van der Waals surface area (Å²) >= 11 is 0. The standard InChI is InChI=1S/C13H15FN2O7/c1-22-8(18)3-2-6-4-16(13(21)15-11(6)20)12-9(14)10(19)7(5-17)23-12/h2-4,7,9-10,12,17,19H,5H2,1H3,(H,15,20,21)/b3-2+/t7-,9+,10-,12-/m1/s1. The molecule has 0 spiro atoms. The van der Waals surface area contributed by atoms with Crippen LogP contribution in [-0.2, 0) is 14.3 Å². The number of aliphatic hydroxyl groups excluding tert-OH is 2. The number of aliphatic hydroxyl groups is 2. The Bertz CT molecular complexity index is 726. The zero-order chi connectivity index (χ0) is 17.1. The summed E-state index contributed by atoms with van der Waals surface area (Å²) in [7, 11) is 1.15. The maximum absolute atomic E-state index is 14.1. The lowest BCUT2D eigenvalue weighted by Crippen LogP contribution is -2.36. The normalized spacial score (nSPS) is 27.5. The number of nitrogens with zero attached hydrogens (tertiary/aromatic N) is 1. The van der Waals surface area contributed by atoms with Gasteiger partial charge >= 0.3 is 11.7 Å². The molecule has 1 aromatic heterocycles. The minimum atomic E-state index is -1.98. The van der Waals surface area contributed by atoms with Crippen LogP contribution in [0.15, 0.2) is 21.9 Å². The number of carbonyl (C=O) groups excluding carboxylic acids is 1. The van der Waals surface area contributed by atoms with Crippen LogP contribution >= 0.6 is 0 Å².